The summed E-state index contributed by atoms with van der Waals surface area (Å²) < 4.78 is 4.77. The molecule has 27 heavy (non-hydrogen) atoms. The van der Waals surface area contributed by atoms with E-state index < -0.39 is 0 Å². The quantitative estimate of drug-likeness (QED) is 0.667. The van der Waals surface area contributed by atoms with Crippen molar-refractivity contribution in [3.8, 4) is 0 Å². The molecule has 0 heterocycles. The van der Waals surface area contributed by atoms with Crippen LogP contribution in [0.5, 0.6) is 0 Å². The van der Waals surface area contributed by atoms with Gasteiger partial charge in [0.1, 0.15) is 6.61 Å². The molecule has 0 aliphatic carbocycles. The Labute approximate surface area is 159 Å². The summed E-state index contributed by atoms with van der Waals surface area (Å²) >= 11 is 0. The first-order chi connectivity index (χ1) is 13.0. The van der Waals surface area contributed by atoms with Gasteiger partial charge in [0.15, 0.2) is 0 Å². The molecule has 2 aromatic rings. The minimum absolute atomic E-state index is 0.00228. The maximum absolute atomic E-state index is 12.1. The molecule has 0 saturated carbocycles. The highest BCUT2D eigenvalue weighted by molar-refractivity contribution is 5.93. The second-order valence-electron chi connectivity index (χ2n) is 6.37. The number of carbonyl (C=O) groups is 2. The van der Waals surface area contributed by atoms with Crippen molar-refractivity contribution in [1.29, 1.82) is 0 Å². The normalized spacial score (nSPS) is 10.5. The number of anilines is 2. The summed E-state index contributed by atoms with van der Waals surface area (Å²) in [7, 11) is 5.49. The Morgan fingerprint density at radius 1 is 0.926 bits per heavy atom. The molecule has 0 aliphatic rings. The van der Waals surface area contributed by atoms with Crippen LogP contribution in [0.1, 0.15) is 11.1 Å². The van der Waals surface area contributed by atoms with Crippen LogP contribution in [-0.4, -0.2) is 44.7 Å². The fraction of sp³-hybridized carbons (Fsp3) is 0.300. The van der Waals surface area contributed by atoms with Gasteiger partial charge < -0.3 is 25.6 Å². The van der Waals surface area contributed by atoms with Gasteiger partial charge in [0.05, 0.1) is 0 Å². The van der Waals surface area contributed by atoms with Crippen LogP contribution in [0.3, 0.4) is 0 Å². The van der Waals surface area contributed by atoms with Gasteiger partial charge in [-0.1, -0.05) is 24.3 Å². The first-order valence-electron chi connectivity index (χ1n) is 8.63. The Morgan fingerprint density at radius 3 is 2.11 bits per heavy atom. The molecule has 2 aromatic carbocycles. The molecule has 0 unspecified atom stereocenters. The molecule has 0 atom stereocenters. The number of hydrogen-bond donors (Lipinski definition) is 3. The van der Waals surface area contributed by atoms with E-state index in [9.17, 15) is 9.59 Å². The van der Waals surface area contributed by atoms with Gasteiger partial charge in [0.2, 0.25) is 5.91 Å². The zero-order chi connectivity index (χ0) is 19.6. The molecular formula is C20H26N4O3. The average molecular weight is 370 g/mol. The van der Waals surface area contributed by atoms with E-state index in [4.69, 9.17) is 4.74 Å². The molecule has 144 valence electrons. The van der Waals surface area contributed by atoms with Crippen molar-refractivity contribution in [1.82, 2.24) is 10.2 Å². The number of methoxy groups -OCH3 is 1. The van der Waals surface area contributed by atoms with Gasteiger partial charge in [-0.05, 0) is 49.5 Å². The van der Waals surface area contributed by atoms with Gasteiger partial charge in [0, 0.05) is 31.6 Å². The third kappa shape index (κ3) is 7.08. The highest BCUT2D eigenvalue weighted by atomic mass is 16.5. The summed E-state index contributed by atoms with van der Waals surface area (Å²) in [6, 6.07) is 14.6. The van der Waals surface area contributed by atoms with E-state index in [-0.39, 0.29) is 18.5 Å². The van der Waals surface area contributed by atoms with E-state index in [0.29, 0.717) is 17.9 Å². The number of carbonyl (C=O) groups excluding carboxylic acids is 2. The number of benzene rings is 2. The largest absolute Gasteiger partial charge is 0.375 e. The van der Waals surface area contributed by atoms with E-state index in [0.717, 1.165) is 12.1 Å². The number of amides is 3. The van der Waals surface area contributed by atoms with E-state index in [1.54, 1.807) is 24.3 Å². The van der Waals surface area contributed by atoms with Crippen LogP contribution in [0.4, 0.5) is 16.2 Å². The molecule has 0 fully saturated rings. The Hall–Kier alpha value is -2.90. The topological polar surface area (TPSA) is 82.7 Å². The first kappa shape index (κ1) is 20.4. The van der Waals surface area contributed by atoms with Crippen LogP contribution in [0.2, 0.25) is 0 Å². The number of nitrogens with zero attached hydrogens (tertiary/aromatic N) is 1. The van der Waals surface area contributed by atoms with Crippen molar-refractivity contribution in [2.75, 3.05) is 38.4 Å². The molecule has 3 amide bonds. The number of ether oxygens (including phenoxy) is 1. The summed E-state index contributed by atoms with van der Waals surface area (Å²) in [5, 5.41) is 8.35. The molecule has 0 radical (unpaired) electrons. The smallest absolute Gasteiger partial charge is 0.319 e. The lowest BCUT2D eigenvalue weighted by Gasteiger charge is -2.15. The molecule has 3 N–H and O–H groups in total. The second-order valence-corrected chi connectivity index (χ2v) is 6.37. The lowest BCUT2D eigenvalue weighted by atomic mass is 10.1. The Kier molecular flexibility index (Phi) is 7.79. The van der Waals surface area contributed by atoms with Crippen molar-refractivity contribution in [3.63, 3.8) is 0 Å². The van der Waals surface area contributed by atoms with E-state index in [2.05, 4.69) is 26.9 Å². The average Bonchev–Trinajstić information content (AvgIpc) is 2.62. The van der Waals surface area contributed by atoms with Gasteiger partial charge in [0.25, 0.3) is 0 Å². The van der Waals surface area contributed by atoms with Crippen molar-refractivity contribution < 1.29 is 14.3 Å². The lowest BCUT2D eigenvalue weighted by molar-refractivity contribution is -0.119. The third-order valence-corrected chi connectivity index (χ3v) is 3.75. The van der Waals surface area contributed by atoms with Crippen LogP contribution in [0, 0.1) is 0 Å². The highest BCUT2D eigenvalue weighted by Crippen LogP contribution is 2.14. The number of urea groups is 1. The lowest BCUT2D eigenvalue weighted by Crippen LogP contribution is -2.28. The SMILES string of the molecule is COCC(=O)Nc1ccc(NC(=O)NCc2ccccc2CN(C)C)cc1. The van der Waals surface area contributed by atoms with Crippen LogP contribution in [0.25, 0.3) is 0 Å². The highest BCUT2D eigenvalue weighted by Gasteiger charge is 2.07. The predicted octanol–water partition coefficient (Wildman–Crippen LogP) is 2.65. The molecule has 0 bridgehead atoms. The third-order valence-electron chi connectivity index (χ3n) is 3.75. The molecular weight excluding hydrogens is 344 g/mol. The summed E-state index contributed by atoms with van der Waals surface area (Å²) in [4.78, 5) is 25.7. The second kappa shape index (κ2) is 10.3. The van der Waals surface area contributed by atoms with Crippen LogP contribution >= 0.6 is 0 Å². The summed E-state index contributed by atoms with van der Waals surface area (Å²) in [6.45, 7) is 1.26. The van der Waals surface area contributed by atoms with Crippen LogP contribution in [-0.2, 0) is 22.6 Å². The van der Waals surface area contributed by atoms with Gasteiger partial charge in [-0.3, -0.25) is 4.79 Å². The summed E-state index contributed by atoms with van der Waals surface area (Å²) in [5.41, 5.74) is 3.54. The fourth-order valence-electron chi connectivity index (χ4n) is 2.54. The summed E-state index contributed by atoms with van der Waals surface area (Å²) in [6.07, 6.45) is 0. The van der Waals surface area contributed by atoms with E-state index >= 15 is 0 Å². The predicted molar refractivity (Wildman–Crippen MR) is 107 cm³/mol. The maximum atomic E-state index is 12.1. The van der Waals surface area contributed by atoms with Crippen LogP contribution < -0.4 is 16.0 Å². The number of nitrogens with one attached hydrogen (secondary N) is 3. The first-order valence-corrected chi connectivity index (χ1v) is 8.63. The Morgan fingerprint density at radius 2 is 1.52 bits per heavy atom. The number of hydrogen-bond acceptors (Lipinski definition) is 4. The molecule has 0 spiro atoms. The van der Waals surface area contributed by atoms with E-state index in [1.165, 1.54) is 12.7 Å². The molecule has 7 heteroatoms. The maximum Gasteiger partial charge on any atom is 0.319 e. The molecule has 0 aliphatic heterocycles. The van der Waals surface area contributed by atoms with Crippen molar-refractivity contribution in [2.45, 2.75) is 13.1 Å². The number of rotatable bonds is 8. The van der Waals surface area contributed by atoms with Gasteiger partial charge in [-0.15, -0.1) is 0 Å². The van der Waals surface area contributed by atoms with Crippen molar-refractivity contribution >= 4 is 23.3 Å². The van der Waals surface area contributed by atoms with E-state index in [1.807, 2.05) is 32.3 Å². The monoisotopic (exact) mass is 370 g/mol. The van der Waals surface area contributed by atoms with Crippen molar-refractivity contribution in [2.24, 2.45) is 0 Å². The van der Waals surface area contributed by atoms with Crippen molar-refractivity contribution in [3.05, 3.63) is 59.7 Å². The Balaban J connectivity index is 1.86. The van der Waals surface area contributed by atoms with Gasteiger partial charge >= 0.3 is 6.03 Å². The zero-order valence-corrected chi connectivity index (χ0v) is 15.9. The Bertz CT molecular complexity index is 760. The molecule has 2 rings (SSSR count). The fourth-order valence-corrected chi connectivity index (χ4v) is 2.54. The molecule has 0 aromatic heterocycles. The minimum Gasteiger partial charge on any atom is -0.375 e. The minimum atomic E-state index is -0.286. The van der Waals surface area contributed by atoms with Crippen LogP contribution in [0.15, 0.2) is 48.5 Å². The molecule has 7 nitrogen and oxygen atoms in total. The molecule has 0 saturated heterocycles. The summed E-state index contributed by atoms with van der Waals surface area (Å²) in [5.74, 6) is -0.229. The van der Waals surface area contributed by atoms with Gasteiger partial charge in [-0.25, -0.2) is 4.79 Å². The standard InChI is InChI=1S/C20H26N4O3/c1-24(2)13-16-7-5-4-6-15(16)12-21-20(26)23-18-10-8-17(9-11-18)22-19(25)14-27-3/h4-11H,12-14H2,1-3H3,(H,22,25)(H2,21,23,26). The van der Waals surface area contributed by atoms with Gasteiger partial charge in [-0.2, -0.15) is 0 Å². The zero-order valence-electron chi connectivity index (χ0n) is 15.9.